The first-order chi connectivity index (χ1) is 11.9. The van der Waals surface area contributed by atoms with Gasteiger partial charge in [-0.15, -0.1) is 0 Å². The molecule has 0 spiro atoms. The zero-order valence-corrected chi connectivity index (χ0v) is 15.0. The molecule has 3 amide bonds. The zero-order chi connectivity index (χ0) is 18.4. The van der Waals surface area contributed by atoms with Crippen LogP contribution in [-0.4, -0.2) is 49.8 Å². The minimum Gasteiger partial charge on any atom is -0.356 e. The van der Waals surface area contributed by atoms with Crippen molar-refractivity contribution in [1.29, 1.82) is 0 Å². The van der Waals surface area contributed by atoms with Crippen LogP contribution in [0.15, 0.2) is 24.3 Å². The molecule has 3 N–H and O–H groups in total. The second-order valence-corrected chi connectivity index (χ2v) is 6.65. The van der Waals surface area contributed by atoms with Crippen LogP contribution >= 0.6 is 0 Å². The molecule has 1 aliphatic carbocycles. The molecule has 2 unspecified atom stereocenters. The normalized spacial score (nSPS) is 18.6. The number of benzene rings is 1. The van der Waals surface area contributed by atoms with E-state index in [1.54, 1.807) is 24.3 Å². The number of rotatable bonds is 8. The van der Waals surface area contributed by atoms with Crippen molar-refractivity contribution in [3.05, 3.63) is 24.3 Å². The lowest BCUT2D eigenvalue weighted by molar-refractivity contribution is -0.125. The van der Waals surface area contributed by atoms with E-state index in [-0.39, 0.29) is 29.6 Å². The van der Waals surface area contributed by atoms with E-state index < -0.39 is 0 Å². The Labute approximate surface area is 148 Å². The van der Waals surface area contributed by atoms with Gasteiger partial charge < -0.3 is 20.9 Å². The molecule has 2 rings (SSSR count). The Morgan fingerprint density at radius 2 is 1.72 bits per heavy atom. The number of carbonyl (C=O) groups excluding carboxylic acids is 3. The van der Waals surface area contributed by atoms with Crippen LogP contribution < -0.4 is 16.0 Å². The molecule has 0 heterocycles. The van der Waals surface area contributed by atoms with Crippen LogP contribution in [0.4, 0.5) is 11.4 Å². The first kappa shape index (κ1) is 18.9. The number of carbonyl (C=O) groups is 3. The van der Waals surface area contributed by atoms with E-state index in [2.05, 4.69) is 20.9 Å². The van der Waals surface area contributed by atoms with Gasteiger partial charge in [-0.25, -0.2) is 0 Å². The molecule has 0 radical (unpaired) electrons. The van der Waals surface area contributed by atoms with E-state index in [4.69, 9.17) is 0 Å². The standard InChI is InChI=1S/C18H26N4O3/c1-12(23)20-13-6-4-7-14(10-13)21-18(25)16-11-15(16)17(24)19-8-5-9-22(2)3/h4,6-7,10,15-16H,5,8-9,11H2,1-3H3,(H,19,24)(H,20,23)(H,21,25). The zero-order valence-electron chi connectivity index (χ0n) is 15.0. The first-order valence-electron chi connectivity index (χ1n) is 8.48. The lowest BCUT2D eigenvalue weighted by Gasteiger charge is -2.10. The maximum Gasteiger partial charge on any atom is 0.228 e. The summed E-state index contributed by atoms with van der Waals surface area (Å²) in [7, 11) is 3.98. The highest BCUT2D eigenvalue weighted by atomic mass is 16.2. The molecule has 2 atom stereocenters. The van der Waals surface area contributed by atoms with Crippen LogP contribution in [0.5, 0.6) is 0 Å². The van der Waals surface area contributed by atoms with Crippen LogP contribution in [0.2, 0.25) is 0 Å². The number of nitrogens with zero attached hydrogens (tertiary/aromatic N) is 1. The minimum absolute atomic E-state index is 0.0501. The highest BCUT2D eigenvalue weighted by molar-refractivity contribution is 6.00. The summed E-state index contributed by atoms with van der Waals surface area (Å²) in [6.45, 7) is 2.97. The summed E-state index contributed by atoms with van der Waals surface area (Å²) in [6.07, 6.45) is 1.47. The summed E-state index contributed by atoms with van der Waals surface area (Å²) < 4.78 is 0. The largest absolute Gasteiger partial charge is 0.356 e. The first-order valence-corrected chi connectivity index (χ1v) is 8.48. The molecule has 1 saturated carbocycles. The summed E-state index contributed by atoms with van der Waals surface area (Å²) in [6, 6.07) is 6.95. The molecular weight excluding hydrogens is 320 g/mol. The van der Waals surface area contributed by atoms with Crippen molar-refractivity contribution < 1.29 is 14.4 Å². The molecule has 1 aromatic carbocycles. The molecule has 0 saturated heterocycles. The average molecular weight is 346 g/mol. The van der Waals surface area contributed by atoms with Crippen LogP contribution in [0.1, 0.15) is 19.8 Å². The monoisotopic (exact) mass is 346 g/mol. The molecule has 1 aliphatic rings. The summed E-state index contributed by atoms with van der Waals surface area (Å²) in [4.78, 5) is 37.4. The summed E-state index contributed by atoms with van der Waals surface area (Å²) in [5.74, 6) is -0.896. The number of anilines is 2. The van der Waals surface area contributed by atoms with E-state index in [0.717, 1.165) is 13.0 Å². The maximum absolute atomic E-state index is 12.3. The van der Waals surface area contributed by atoms with Gasteiger partial charge in [0.2, 0.25) is 17.7 Å². The molecule has 7 nitrogen and oxygen atoms in total. The topological polar surface area (TPSA) is 90.5 Å². The molecule has 25 heavy (non-hydrogen) atoms. The summed E-state index contributed by atoms with van der Waals surface area (Å²) in [5, 5.41) is 8.36. The Balaban J connectivity index is 1.77. The molecule has 0 aliphatic heterocycles. The van der Waals surface area contributed by atoms with Gasteiger partial charge in [-0.2, -0.15) is 0 Å². The quantitative estimate of drug-likeness (QED) is 0.619. The molecule has 0 aromatic heterocycles. The van der Waals surface area contributed by atoms with Gasteiger partial charge in [0.15, 0.2) is 0 Å². The number of hydrogen-bond acceptors (Lipinski definition) is 4. The third kappa shape index (κ3) is 6.19. The van der Waals surface area contributed by atoms with Crippen molar-refractivity contribution >= 4 is 29.1 Å². The molecule has 7 heteroatoms. The fourth-order valence-electron chi connectivity index (χ4n) is 2.63. The Hall–Kier alpha value is -2.41. The van der Waals surface area contributed by atoms with Crippen LogP contribution in [0, 0.1) is 11.8 Å². The summed E-state index contributed by atoms with van der Waals surface area (Å²) in [5.41, 5.74) is 1.23. The smallest absolute Gasteiger partial charge is 0.228 e. The second-order valence-electron chi connectivity index (χ2n) is 6.65. The van der Waals surface area contributed by atoms with Crippen molar-refractivity contribution in [3.63, 3.8) is 0 Å². The number of nitrogens with one attached hydrogen (secondary N) is 3. The lowest BCUT2D eigenvalue weighted by Crippen LogP contribution is -2.30. The SMILES string of the molecule is CC(=O)Nc1cccc(NC(=O)C2CC2C(=O)NCCCN(C)C)c1. The van der Waals surface area contributed by atoms with Crippen molar-refractivity contribution in [3.8, 4) is 0 Å². The molecule has 1 fully saturated rings. The van der Waals surface area contributed by atoms with Crippen LogP contribution in [0.3, 0.4) is 0 Å². The predicted octanol–water partition coefficient (Wildman–Crippen LogP) is 1.29. The number of amides is 3. The van der Waals surface area contributed by atoms with Gasteiger partial charge in [0.25, 0.3) is 0 Å². The molecule has 1 aromatic rings. The Morgan fingerprint density at radius 1 is 1.08 bits per heavy atom. The van der Waals surface area contributed by atoms with E-state index in [0.29, 0.717) is 24.3 Å². The van der Waals surface area contributed by atoms with Gasteiger partial charge in [-0.1, -0.05) is 6.07 Å². The average Bonchev–Trinajstić information content (AvgIpc) is 3.31. The lowest BCUT2D eigenvalue weighted by atomic mass is 10.2. The van der Waals surface area contributed by atoms with Gasteiger partial charge in [-0.3, -0.25) is 14.4 Å². The minimum atomic E-state index is -0.279. The van der Waals surface area contributed by atoms with Crippen LogP contribution in [0.25, 0.3) is 0 Å². The van der Waals surface area contributed by atoms with Crippen molar-refractivity contribution in [2.75, 3.05) is 37.8 Å². The molecular formula is C18H26N4O3. The van der Waals surface area contributed by atoms with Crippen molar-refractivity contribution in [1.82, 2.24) is 10.2 Å². The van der Waals surface area contributed by atoms with E-state index in [9.17, 15) is 14.4 Å². The van der Waals surface area contributed by atoms with Crippen molar-refractivity contribution in [2.45, 2.75) is 19.8 Å². The third-order valence-corrected chi connectivity index (χ3v) is 4.00. The Bertz CT molecular complexity index is 645. The van der Waals surface area contributed by atoms with Gasteiger partial charge in [0.05, 0.1) is 11.8 Å². The van der Waals surface area contributed by atoms with E-state index >= 15 is 0 Å². The number of hydrogen-bond donors (Lipinski definition) is 3. The van der Waals surface area contributed by atoms with E-state index in [1.165, 1.54) is 6.92 Å². The third-order valence-electron chi connectivity index (χ3n) is 4.00. The highest BCUT2D eigenvalue weighted by Crippen LogP contribution is 2.39. The van der Waals surface area contributed by atoms with Gasteiger partial charge >= 0.3 is 0 Å². The maximum atomic E-state index is 12.3. The van der Waals surface area contributed by atoms with Gasteiger partial charge in [0, 0.05) is 24.8 Å². The molecule has 0 bridgehead atoms. The van der Waals surface area contributed by atoms with Crippen LogP contribution in [-0.2, 0) is 14.4 Å². The van der Waals surface area contributed by atoms with Gasteiger partial charge in [0.1, 0.15) is 0 Å². The second kappa shape index (κ2) is 8.62. The highest BCUT2D eigenvalue weighted by Gasteiger charge is 2.47. The fourth-order valence-corrected chi connectivity index (χ4v) is 2.63. The van der Waals surface area contributed by atoms with Crippen molar-refractivity contribution in [2.24, 2.45) is 11.8 Å². The summed E-state index contributed by atoms with van der Waals surface area (Å²) >= 11 is 0. The van der Waals surface area contributed by atoms with E-state index in [1.807, 2.05) is 14.1 Å². The predicted molar refractivity (Wildman–Crippen MR) is 97.2 cm³/mol. The molecule has 136 valence electrons. The Morgan fingerprint density at radius 3 is 2.36 bits per heavy atom. The fraction of sp³-hybridized carbons (Fsp3) is 0.500. The van der Waals surface area contributed by atoms with Gasteiger partial charge in [-0.05, 0) is 51.7 Å². The Kier molecular flexibility index (Phi) is 6.52.